The van der Waals surface area contributed by atoms with Gasteiger partial charge in [0.2, 0.25) is 0 Å². The van der Waals surface area contributed by atoms with Crippen LogP contribution in [0.4, 0.5) is 17.1 Å². The summed E-state index contributed by atoms with van der Waals surface area (Å²) < 4.78 is 45.2. The molecule has 1 heterocycles. The minimum atomic E-state index is -0.144. The fourth-order valence-electron chi connectivity index (χ4n) is 8.22. The van der Waals surface area contributed by atoms with Crippen molar-refractivity contribution < 1.29 is 9.90 Å². The summed E-state index contributed by atoms with van der Waals surface area (Å²) in [4.78, 5) is 1.87. The maximum atomic E-state index is 9.69. The summed E-state index contributed by atoms with van der Waals surface area (Å²) in [6.45, 7) is 0. The number of rotatable bonds is 7. The number of para-hydroxylation sites is 2. The molecule has 10 aromatic carbocycles. The molecule has 2 nitrogen and oxygen atoms in total. The summed E-state index contributed by atoms with van der Waals surface area (Å²) >= 11 is 0. The second-order valence-electron chi connectivity index (χ2n) is 14.6. The summed E-state index contributed by atoms with van der Waals surface area (Å²) in [6, 6.07) is 66.6. The van der Waals surface area contributed by atoms with Crippen LogP contribution in [0, 0.1) is 0 Å². The lowest BCUT2D eigenvalue weighted by Crippen LogP contribution is -2.11. The van der Waals surface area contributed by atoms with Gasteiger partial charge in [-0.15, -0.1) is 0 Å². The molecule has 0 fully saturated rings. The first kappa shape index (κ1) is 29.6. The topological polar surface area (TPSA) is 16.4 Å². The standard InChI is InChI=1S/C56H37NO/c1-2-11-38(12-3-1)40-21-23-41(24-22-40)42-27-32-47(33-28-42)57(48-34-29-43(30-35-48)46-26-25-39-13-4-5-15-45(39)37-46)54-20-9-8-17-50(54)51-18-10-19-52-53-36-31-44-14-6-7-16-49(44)55(53)58-56(51)52/h1-37H/i27D,28D,32D,33D. The molecule has 0 unspecified atom stereocenters. The molecule has 11 aromatic rings. The Balaban J connectivity index is 1.10. The maximum Gasteiger partial charge on any atom is 0.143 e. The van der Waals surface area contributed by atoms with Crippen molar-refractivity contribution in [1.29, 1.82) is 0 Å². The lowest BCUT2D eigenvalue weighted by atomic mass is 9.97. The number of furan rings is 1. The molecular weight excluding hydrogens is 703 g/mol. The first-order valence-corrected chi connectivity index (χ1v) is 19.5. The van der Waals surface area contributed by atoms with E-state index in [9.17, 15) is 5.48 Å². The molecule has 0 amide bonds. The van der Waals surface area contributed by atoms with Gasteiger partial charge in [0, 0.05) is 38.7 Å². The van der Waals surface area contributed by atoms with E-state index in [1.165, 1.54) is 5.39 Å². The smallest absolute Gasteiger partial charge is 0.143 e. The van der Waals surface area contributed by atoms with E-state index in [0.717, 1.165) is 71.5 Å². The highest BCUT2D eigenvalue weighted by molar-refractivity contribution is 6.17. The van der Waals surface area contributed by atoms with Crippen LogP contribution >= 0.6 is 0 Å². The Morgan fingerprint density at radius 1 is 0.328 bits per heavy atom. The second kappa shape index (κ2) is 14.1. The van der Waals surface area contributed by atoms with Crippen molar-refractivity contribution in [1.82, 2.24) is 0 Å². The lowest BCUT2D eigenvalue weighted by Gasteiger charge is -2.28. The molecule has 0 N–H and O–H groups in total. The van der Waals surface area contributed by atoms with Crippen LogP contribution in [0.1, 0.15) is 5.48 Å². The predicted molar refractivity (Wildman–Crippen MR) is 245 cm³/mol. The molecule has 0 aliphatic rings. The number of hydrogen-bond donors (Lipinski definition) is 0. The zero-order chi connectivity index (χ0) is 41.9. The van der Waals surface area contributed by atoms with E-state index in [2.05, 4.69) is 72.8 Å². The van der Waals surface area contributed by atoms with Crippen molar-refractivity contribution in [3.8, 4) is 44.5 Å². The molecule has 58 heavy (non-hydrogen) atoms. The molecular formula is C56H37NO. The molecule has 2 heteroatoms. The fraction of sp³-hybridized carbons (Fsp3) is 0. The van der Waals surface area contributed by atoms with Crippen molar-refractivity contribution in [3.05, 3.63) is 224 Å². The molecule has 0 atom stereocenters. The van der Waals surface area contributed by atoms with Crippen molar-refractivity contribution in [2.24, 2.45) is 0 Å². The fourth-order valence-corrected chi connectivity index (χ4v) is 8.22. The van der Waals surface area contributed by atoms with Gasteiger partial charge in [-0.3, -0.25) is 0 Å². The average molecular weight is 744 g/mol. The highest BCUT2D eigenvalue weighted by atomic mass is 16.3. The average Bonchev–Trinajstić information content (AvgIpc) is 3.73. The Labute approximate surface area is 343 Å². The highest BCUT2D eigenvalue weighted by Crippen LogP contribution is 2.45. The second-order valence-corrected chi connectivity index (χ2v) is 14.6. The predicted octanol–water partition coefficient (Wildman–Crippen LogP) is 16.0. The molecule has 0 aliphatic carbocycles. The Bertz CT molecular complexity index is 3480. The van der Waals surface area contributed by atoms with E-state index >= 15 is 0 Å². The summed E-state index contributed by atoms with van der Waals surface area (Å²) in [5.74, 6) is 0. The summed E-state index contributed by atoms with van der Waals surface area (Å²) in [7, 11) is 0. The third-order valence-corrected chi connectivity index (χ3v) is 11.1. The van der Waals surface area contributed by atoms with Gasteiger partial charge in [-0.2, -0.15) is 0 Å². The van der Waals surface area contributed by atoms with Crippen LogP contribution in [-0.2, 0) is 0 Å². The van der Waals surface area contributed by atoms with Crippen LogP contribution < -0.4 is 4.90 Å². The molecule has 11 rings (SSSR count). The van der Waals surface area contributed by atoms with Crippen LogP contribution in [0.5, 0.6) is 0 Å². The van der Waals surface area contributed by atoms with Gasteiger partial charge in [0.1, 0.15) is 11.2 Å². The maximum absolute atomic E-state index is 9.69. The monoisotopic (exact) mass is 743 g/mol. The van der Waals surface area contributed by atoms with Crippen molar-refractivity contribution in [2.75, 3.05) is 4.90 Å². The van der Waals surface area contributed by atoms with Gasteiger partial charge in [0.15, 0.2) is 0 Å². The quantitative estimate of drug-likeness (QED) is 0.162. The van der Waals surface area contributed by atoms with Crippen molar-refractivity contribution in [2.45, 2.75) is 0 Å². The van der Waals surface area contributed by atoms with Gasteiger partial charge in [0.25, 0.3) is 0 Å². The summed E-state index contributed by atoms with van der Waals surface area (Å²) in [6.07, 6.45) is 0. The Hall–Kier alpha value is -7.68. The highest BCUT2D eigenvalue weighted by Gasteiger charge is 2.21. The number of benzene rings is 10. The largest absolute Gasteiger partial charge is 0.455 e. The Kier molecular flexibility index (Phi) is 7.20. The number of nitrogens with zero attached hydrogens (tertiary/aromatic N) is 1. The Morgan fingerprint density at radius 3 is 1.69 bits per heavy atom. The van der Waals surface area contributed by atoms with E-state index in [0.29, 0.717) is 16.9 Å². The summed E-state index contributed by atoms with van der Waals surface area (Å²) in [5.41, 5.74) is 9.74. The molecule has 0 radical (unpaired) electrons. The molecule has 0 aliphatic heterocycles. The molecule has 0 saturated heterocycles. The lowest BCUT2D eigenvalue weighted by molar-refractivity contribution is 0.674. The minimum Gasteiger partial charge on any atom is -0.455 e. The van der Waals surface area contributed by atoms with Crippen molar-refractivity contribution >= 4 is 60.5 Å². The number of anilines is 3. The van der Waals surface area contributed by atoms with E-state index < -0.39 is 0 Å². The van der Waals surface area contributed by atoms with Crippen LogP contribution in [0.3, 0.4) is 0 Å². The van der Waals surface area contributed by atoms with Gasteiger partial charge < -0.3 is 9.32 Å². The first-order valence-electron chi connectivity index (χ1n) is 21.5. The molecule has 1 aromatic heterocycles. The first-order chi connectivity index (χ1) is 30.4. The van der Waals surface area contributed by atoms with Crippen LogP contribution in [-0.4, -0.2) is 0 Å². The molecule has 0 spiro atoms. The third-order valence-electron chi connectivity index (χ3n) is 11.1. The molecule has 0 saturated carbocycles. The molecule has 0 bridgehead atoms. The zero-order valence-corrected chi connectivity index (χ0v) is 31.4. The van der Waals surface area contributed by atoms with Crippen LogP contribution in [0.15, 0.2) is 229 Å². The number of fused-ring (bicyclic) bond motifs is 6. The van der Waals surface area contributed by atoms with Gasteiger partial charge in [0.05, 0.1) is 11.2 Å². The van der Waals surface area contributed by atoms with Gasteiger partial charge in [-0.05, 0) is 92.0 Å². The van der Waals surface area contributed by atoms with Gasteiger partial charge >= 0.3 is 0 Å². The van der Waals surface area contributed by atoms with Gasteiger partial charge in [-0.25, -0.2) is 0 Å². The SMILES string of the molecule is [2H]c1c([2H])c(N(c2ccc(-c3ccc4ccccc4c3)cc2)c2ccccc2-c2cccc3c2oc2c4ccccc4ccc32)c([2H])c([2H])c1-c1ccc(-c2ccccc2)cc1. The number of hydrogen-bond acceptors (Lipinski definition) is 2. The van der Waals surface area contributed by atoms with Crippen LogP contribution in [0.25, 0.3) is 88.0 Å². The van der Waals surface area contributed by atoms with Gasteiger partial charge in [-0.1, -0.05) is 182 Å². The molecule has 272 valence electrons. The van der Waals surface area contributed by atoms with E-state index in [1.807, 2.05) is 132 Å². The van der Waals surface area contributed by atoms with Crippen molar-refractivity contribution in [3.63, 3.8) is 0 Å². The van der Waals surface area contributed by atoms with E-state index in [1.54, 1.807) is 0 Å². The summed E-state index contributed by atoms with van der Waals surface area (Å²) in [5, 5.41) is 6.45. The Morgan fingerprint density at radius 2 is 0.879 bits per heavy atom. The third kappa shape index (κ3) is 5.91. The van der Waals surface area contributed by atoms with E-state index in [-0.39, 0.29) is 35.4 Å². The van der Waals surface area contributed by atoms with Crippen LogP contribution in [0.2, 0.25) is 0 Å². The zero-order valence-electron chi connectivity index (χ0n) is 35.4. The normalized spacial score (nSPS) is 12.4. The van der Waals surface area contributed by atoms with E-state index in [4.69, 9.17) is 4.42 Å². The minimum absolute atomic E-state index is 0.116.